The number of hydrogen-bond donors (Lipinski definition) is 0. The average Bonchev–Trinajstić information content (AvgIpc) is 3.07. The molecule has 0 atom stereocenters. The van der Waals surface area contributed by atoms with E-state index in [0.717, 1.165) is 15.7 Å². The molecule has 3 heterocycles. The lowest BCUT2D eigenvalue weighted by molar-refractivity contribution is 0.824. The molecule has 4 aromatic rings. The zero-order chi connectivity index (χ0) is 18.1. The van der Waals surface area contributed by atoms with Crippen molar-refractivity contribution in [2.45, 2.75) is 0 Å². The fourth-order valence-electron chi connectivity index (χ4n) is 2.66. The van der Waals surface area contributed by atoms with Crippen molar-refractivity contribution in [3.63, 3.8) is 0 Å². The lowest BCUT2D eigenvalue weighted by atomic mass is 10.2. The molecule has 0 N–H and O–H groups in total. The molecule has 0 aliphatic rings. The van der Waals surface area contributed by atoms with Gasteiger partial charge in [-0.1, -0.05) is 15.9 Å². The number of halogens is 1. The Morgan fingerprint density at radius 1 is 1.19 bits per heavy atom. The van der Waals surface area contributed by atoms with Crippen LogP contribution in [0.15, 0.2) is 75.4 Å². The number of pyridine rings is 1. The third-order valence-electron chi connectivity index (χ3n) is 4.02. The quantitative estimate of drug-likeness (QED) is 0.488. The van der Waals surface area contributed by atoms with Crippen LogP contribution in [0, 0.1) is 0 Å². The van der Waals surface area contributed by atoms with Gasteiger partial charge in [-0.15, -0.1) is 0 Å². The van der Waals surface area contributed by atoms with Gasteiger partial charge in [-0.05, 0) is 42.5 Å². The van der Waals surface area contributed by atoms with Crippen LogP contribution in [-0.4, -0.2) is 25.4 Å². The molecule has 0 saturated heterocycles. The summed E-state index contributed by atoms with van der Waals surface area (Å²) in [5.74, 6) is 0.448. The van der Waals surface area contributed by atoms with Crippen LogP contribution in [0.3, 0.4) is 0 Å². The molecular weight excluding hydrogens is 394 g/mol. The Morgan fingerprint density at radius 2 is 2.08 bits per heavy atom. The lowest BCUT2D eigenvalue weighted by Gasteiger charge is -2.09. The van der Waals surface area contributed by atoms with E-state index in [1.165, 1.54) is 4.68 Å². The summed E-state index contributed by atoms with van der Waals surface area (Å²) >= 11 is 3.41. The van der Waals surface area contributed by atoms with Gasteiger partial charge in [0, 0.05) is 35.7 Å². The van der Waals surface area contributed by atoms with E-state index in [2.05, 4.69) is 31.0 Å². The van der Waals surface area contributed by atoms with Gasteiger partial charge in [-0.25, -0.2) is 4.98 Å². The zero-order valence-corrected chi connectivity index (χ0v) is 15.5. The van der Waals surface area contributed by atoms with E-state index in [-0.39, 0.29) is 5.56 Å². The van der Waals surface area contributed by atoms with Crippen molar-refractivity contribution < 1.29 is 0 Å². The number of fused-ring (bicyclic) bond motifs is 1. The fraction of sp³-hybridized carbons (Fsp3) is 0.0526. The molecule has 0 spiro atoms. The Bertz CT molecular complexity index is 1180. The Balaban J connectivity index is 1.99. The second-order valence-electron chi connectivity index (χ2n) is 5.74. The van der Waals surface area contributed by atoms with Gasteiger partial charge in [-0.3, -0.25) is 9.78 Å². The molecule has 128 valence electrons. The van der Waals surface area contributed by atoms with Crippen molar-refractivity contribution >= 4 is 33.0 Å². The molecule has 0 fully saturated rings. The van der Waals surface area contributed by atoms with Crippen LogP contribution in [0.2, 0.25) is 0 Å². The maximum atomic E-state index is 13.1. The maximum Gasteiger partial charge on any atom is 0.282 e. The normalized spacial score (nSPS) is 11.5. The summed E-state index contributed by atoms with van der Waals surface area (Å²) in [6, 6.07) is 12.9. The number of benzene rings is 1. The monoisotopic (exact) mass is 407 g/mol. The predicted octanol–water partition coefficient (Wildman–Crippen LogP) is 3.44. The molecule has 0 amide bonds. The molecule has 3 aromatic heterocycles. The fourth-order valence-corrected chi connectivity index (χ4v) is 3.02. The first-order valence-electron chi connectivity index (χ1n) is 7.92. The van der Waals surface area contributed by atoms with Crippen LogP contribution < -0.4 is 5.56 Å². The van der Waals surface area contributed by atoms with E-state index in [1.54, 1.807) is 30.7 Å². The molecule has 0 saturated carbocycles. The second kappa shape index (κ2) is 6.68. The van der Waals surface area contributed by atoms with Crippen molar-refractivity contribution in [3.05, 3.63) is 81.6 Å². The highest BCUT2D eigenvalue weighted by Crippen LogP contribution is 2.20. The molecule has 0 aliphatic heterocycles. The minimum Gasteiger partial charge on any atom is -0.350 e. The standard InChI is InChI=1S/C19H14BrN5O/c1-24-9-3-5-15(24)12-22-25-18(13-4-2-8-21-11-13)23-17-7-6-14(20)10-16(17)19(25)26/h2-12H,1H3. The molecule has 1 aromatic carbocycles. The van der Waals surface area contributed by atoms with Crippen LogP contribution in [0.5, 0.6) is 0 Å². The SMILES string of the molecule is Cn1cccc1C=Nn1c(-c2cccnc2)nc2ccc(Br)cc2c1=O. The van der Waals surface area contributed by atoms with Crippen molar-refractivity contribution in [1.82, 2.24) is 19.2 Å². The van der Waals surface area contributed by atoms with Gasteiger partial charge in [0.25, 0.3) is 5.56 Å². The van der Waals surface area contributed by atoms with E-state index in [0.29, 0.717) is 16.7 Å². The van der Waals surface area contributed by atoms with E-state index in [9.17, 15) is 4.79 Å². The molecule has 4 rings (SSSR count). The molecule has 7 heteroatoms. The van der Waals surface area contributed by atoms with Crippen LogP contribution in [0.1, 0.15) is 5.69 Å². The van der Waals surface area contributed by atoms with Crippen molar-refractivity contribution in [3.8, 4) is 11.4 Å². The number of hydrogen-bond acceptors (Lipinski definition) is 4. The number of aryl methyl sites for hydroxylation is 1. The summed E-state index contributed by atoms with van der Waals surface area (Å²) < 4.78 is 4.05. The van der Waals surface area contributed by atoms with Crippen LogP contribution >= 0.6 is 15.9 Å². The van der Waals surface area contributed by atoms with E-state index in [4.69, 9.17) is 0 Å². The summed E-state index contributed by atoms with van der Waals surface area (Å²) in [5, 5.41) is 4.91. The molecule has 0 bridgehead atoms. The predicted molar refractivity (Wildman–Crippen MR) is 105 cm³/mol. The van der Waals surface area contributed by atoms with Gasteiger partial charge in [-0.2, -0.15) is 9.78 Å². The molecule has 6 nitrogen and oxygen atoms in total. The van der Waals surface area contributed by atoms with Gasteiger partial charge in [0.1, 0.15) is 0 Å². The van der Waals surface area contributed by atoms with E-state index in [1.807, 2.05) is 48.1 Å². The molecule has 0 radical (unpaired) electrons. The first-order valence-corrected chi connectivity index (χ1v) is 8.71. The second-order valence-corrected chi connectivity index (χ2v) is 6.66. The lowest BCUT2D eigenvalue weighted by Crippen LogP contribution is -2.20. The summed E-state index contributed by atoms with van der Waals surface area (Å²) in [4.78, 5) is 21.9. The van der Waals surface area contributed by atoms with Crippen molar-refractivity contribution in [2.24, 2.45) is 12.1 Å². The molecule has 0 unspecified atom stereocenters. The van der Waals surface area contributed by atoms with E-state index >= 15 is 0 Å². The topological polar surface area (TPSA) is 65.1 Å². The Hall–Kier alpha value is -3.06. The first kappa shape index (κ1) is 16.4. The Labute approximate surface area is 157 Å². The molecular formula is C19H14BrN5O. The van der Waals surface area contributed by atoms with Gasteiger partial charge < -0.3 is 4.57 Å². The molecule has 0 aliphatic carbocycles. The largest absolute Gasteiger partial charge is 0.350 e. The van der Waals surface area contributed by atoms with Crippen LogP contribution in [0.4, 0.5) is 0 Å². The summed E-state index contributed by atoms with van der Waals surface area (Å²) in [6.07, 6.45) is 6.91. The van der Waals surface area contributed by atoms with Gasteiger partial charge in [0.2, 0.25) is 0 Å². The zero-order valence-electron chi connectivity index (χ0n) is 13.9. The maximum absolute atomic E-state index is 13.1. The van der Waals surface area contributed by atoms with Crippen LogP contribution in [0.25, 0.3) is 22.3 Å². The van der Waals surface area contributed by atoms with Gasteiger partial charge >= 0.3 is 0 Å². The Kier molecular flexibility index (Phi) is 4.22. The van der Waals surface area contributed by atoms with Crippen LogP contribution in [-0.2, 0) is 7.05 Å². The molecule has 26 heavy (non-hydrogen) atoms. The van der Waals surface area contributed by atoms with Gasteiger partial charge in [0.15, 0.2) is 5.82 Å². The van der Waals surface area contributed by atoms with Gasteiger partial charge in [0.05, 0.1) is 22.8 Å². The average molecular weight is 408 g/mol. The highest BCUT2D eigenvalue weighted by Gasteiger charge is 2.13. The Morgan fingerprint density at radius 3 is 2.81 bits per heavy atom. The van der Waals surface area contributed by atoms with Crippen molar-refractivity contribution in [1.29, 1.82) is 0 Å². The number of aromatic nitrogens is 4. The summed E-state index contributed by atoms with van der Waals surface area (Å²) in [7, 11) is 1.92. The first-order chi connectivity index (χ1) is 12.6. The third kappa shape index (κ3) is 2.97. The number of rotatable bonds is 3. The smallest absolute Gasteiger partial charge is 0.282 e. The van der Waals surface area contributed by atoms with Crippen molar-refractivity contribution in [2.75, 3.05) is 0 Å². The summed E-state index contributed by atoms with van der Waals surface area (Å²) in [5.41, 5.74) is 1.98. The highest BCUT2D eigenvalue weighted by atomic mass is 79.9. The minimum atomic E-state index is -0.236. The third-order valence-corrected chi connectivity index (χ3v) is 4.51. The summed E-state index contributed by atoms with van der Waals surface area (Å²) in [6.45, 7) is 0. The number of nitrogens with zero attached hydrogens (tertiary/aromatic N) is 5. The minimum absolute atomic E-state index is 0.236. The highest BCUT2D eigenvalue weighted by molar-refractivity contribution is 9.10. The van der Waals surface area contributed by atoms with E-state index < -0.39 is 0 Å².